The van der Waals surface area contributed by atoms with E-state index in [1.807, 2.05) is 13.2 Å². The average Bonchev–Trinajstić information content (AvgIpc) is 3.12. The Bertz CT molecular complexity index is 824. The Morgan fingerprint density at radius 2 is 2.21 bits per heavy atom. The molecule has 1 saturated carbocycles. The van der Waals surface area contributed by atoms with E-state index in [1.54, 1.807) is 12.1 Å². The first-order valence-electron chi connectivity index (χ1n) is 8.73. The van der Waals surface area contributed by atoms with Crippen LogP contribution in [-0.4, -0.2) is 12.0 Å². The number of halogens is 1. The van der Waals surface area contributed by atoms with Crippen molar-refractivity contribution in [3.63, 3.8) is 0 Å². The molecule has 0 bridgehead atoms. The first-order valence-corrected chi connectivity index (χ1v) is 8.73. The molecule has 24 heavy (non-hydrogen) atoms. The highest BCUT2D eigenvalue weighted by Gasteiger charge is 2.38. The van der Waals surface area contributed by atoms with Crippen molar-refractivity contribution in [2.24, 2.45) is 11.8 Å². The van der Waals surface area contributed by atoms with Crippen LogP contribution in [0.5, 0.6) is 0 Å². The van der Waals surface area contributed by atoms with Crippen LogP contribution in [0.25, 0.3) is 10.9 Å². The van der Waals surface area contributed by atoms with Gasteiger partial charge in [-0.1, -0.05) is 18.2 Å². The van der Waals surface area contributed by atoms with Crippen molar-refractivity contribution in [2.45, 2.75) is 31.6 Å². The summed E-state index contributed by atoms with van der Waals surface area (Å²) in [6.45, 7) is 4.04. The molecule has 0 aliphatic heterocycles. The SMILES string of the molecule is C=C(CC1=CC2C[C@@H](c3ccnc4ccc(F)cc34)CC2C1)NC. The highest BCUT2D eigenvalue weighted by molar-refractivity contribution is 5.82. The van der Waals surface area contributed by atoms with Crippen molar-refractivity contribution >= 4 is 10.9 Å². The van der Waals surface area contributed by atoms with Crippen molar-refractivity contribution < 1.29 is 4.39 Å². The summed E-state index contributed by atoms with van der Waals surface area (Å²) in [5.74, 6) is 1.72. The summed E-state index contributed by atoms with van der Waals surface area (Å²) in [5, 5.41) is 4.12. The Kier molecular flexibility index (Phi) is 3.87. The standard InChI is InChI=1S/C21H23FN2/c1-13(23-2)7-14-8-15-10-17(11-16(15)9-14)19-5-6-24-21-4-3-18(22)12-20(19)21/h3-6,8,12,15-17,23H,1,7,9-11H2,2H3/t15?,16?,17-/m1/s1. The highest BCUT2D eigenvalue weighted by Crippen LogP contribution is 2.51. The van der Waals surface area contributed by atoms with E-state index in [0.717, 1.165) is 35.4 Å². The van der Waals surface area contributed by atoms with Crippen LogP contribution in [0.3, 0.4) is 0 Å². The molecule has 2 aromatic rings. The van der Waals surface area contributed by atoms with Gasteiger partial charge < -0.3 is 5.32 Å². The molecule has 124 valence electrons. The number of allylic oxidation sites excluding steroid dienone is 2. The fraction of sp³-hybridized carbons (Fsp3) is 0.381. The third kappa shape index (κ3) is 2.72. The molecule has 3 atom stereocenters. The van der Waals surface area contributed by atoms with Crippen LogP contribution < -0.4 is 5.32 Å². The smallest absolute Gasteiger partial charge is 0.123 e. The molecule has 0 radical (unpaired) electrons. The lowest BCUT2D eigenvalue weighted by molar-refractivity contribution is 0.488. The number of nitrogens with zero attached hydrogens (tertiary/aromatic N) is 1. The molecular formula is C21H23FN2. The Hall–Kier alpha value is -2.16. The van der Waals surface area contributed by atoms with E-state index in [9.17, 15) is 4.39 Å². The number of pyridine rings is 1. The molecule has 4 rings (SSSR count). The number of hydrogen-bond donors (Lipinski definition) is 1. The van der Waals surface area contributed by atoms with Gasteiger partial charge in [0.05, 0.1) is 5.52 Å². The molecule has 2 aliphatic carbocycles. The fourth-order valence-corrected chi connectivity index (χ4v) is 4.55. The van der Waals surface area contributed by atoms with Crippen molar-refractivity contribution in [3.05, 3.63) is 65.8 Å². The maximum atomic E-state index is 13.7. The predicted molar refractivity (Wildman–Crippen MR) is 96.2 cm³/mol. The Morgan fingerprint density at radius 1 is 1.33 bits per heavy atom. The molecule has 3 heteroatoms. The summed E-state index contributed by atoms with van der Waals surface area (Å²) in [7, 11) is 1.93. The number of nitrogens with one attached hydrogen (secondary N) is 1. The molecule has 0 amide bonds. The third-order valence-corrected chi connectivity index (χ3v) is 5.69. The van der Waals surface area contributed by atoms with Gasteiger partial charge >= 0.3 is 0 Å². The normalized spacial score (nSPS) is 25.6. The summed E-state index contributed by atoms with van der Waals surface area (Å²) < 4.78 is 13.7. The Morgan fingerprint density at radius 3 is 3.00 bits per heavy atom. The summed E-state index contributed by atoms with van der Waals surface area (Å²) in [4.78, 5) is 4.39. The number of rotatable bonds is 4. The third-order valence-electron chi connectivity index (χ3n) is 5.69. The van der Waals surface area contributed by atoms with Crippen LogP contribution in [0.1, 0.15) is 37.2 Å². The maximum absolute atomic E-state index is 13.7. The average molecular weight is 322 g/mol. The second kappa shape index (κ2) is 6.04. The lowest BCUT2D eigenvalue weighted by atomic mass is 9.91. The van der Waals surface area contributed by atoms with Crippen molar-refractivity contribution in [3.8, 4) is 0 Å². The van der Waals surface area contributed by atoms with Gasteiger partial charge in [-0.15, -0.1) is 0 Å². The maximum Gasteiger partial charge on any atom is 0.123 e. The van der Waals surface area contributed by atoms with E-state index in [1.165, 1.54) is 30.0 Å². The zero-order valence-corrected chi connectivity index (χ0v) is 14.1. The van der Waals surface area contributed by atoms with Crippen LogP contribution >= 0.6 is 0 Å². The van der Waals surface area contributed by atoms with Crippen molar-refractivity contribution in [2.75, 3.05) is 7.05 Å². The second-order valence-corrected chi connectivity index (χ2v) is 7.21. The predicted octanol–water partition coefficient (Wildman–Crippen LogP) is 4.94. The van der Waals surface area contributed by atoms with Gasteiger partial charge in [0.25, 0.3) is 0 Å². The molecular weight excluding hydrogens is 299 g/mol. The quantitative estimate of drug-likeness (QED) is 0.807. The topological polar surface area (TPSA) is 24.9 Å². The molecule has 1 fully saturated rings. The Balaban J connectivity index is 1.57. The van der Waals surface area contributed by atoms with Crippen LogP contribution in [0, 0.1) is 17.7 Å². The molecule has 2 unspecified atom stereocenters. The van der Waals surface area contributed by atoms with Gasteiger partial charge in [-0.2, -0.15) is 0 Å². The van der Waals surface area contributed by atoms with Crippen LogP contribution in [0.4, 0.5) is 4.39 Å². The lowest BCUT2D eigenvalue weighted by Gasteiger charge is -2.15. The first kappa shape index (κ1) is 15.4. The van der Waals surface area contributed by atoms with Gasteiger partial charge in [0.2, 0.25) is 0 Å². The van der Waals surface area contributed by atoms with Crippen LogP contribution in [-0.2, 0) is 0 Å². The van der Waals surface area contributed by atoms with E-state index in [2.05, 4.69) is 29.0 Å². The number of hydrogen-bond acceptors (Lipinski definition) is 2. The van der Waals surface area contributed by atoms with Crippen molar-refractivity contribution in [1.29, 1.82) is 0 Å². The summed E-state index contributed by atoms with van der Waals surface area (Å²) >= 11 is 0. The molecule has 2 aliphatic rings. The van der Waals surface area contributed by atoms with E-state index >= 15 is 0 Å². The van der Waals surface area contributed by atoms with Gasteiger partial charge in [-0.25, -0.2) is 4.39 Å². The summed E-state index contributed by atoms with van der Waals surface area (Å²) in [6.07, 6.45) is 8.83. The van der Waals surface area contributed by atoms with Gasteiger partial charge in [-0.3, -0.25) is 4.98 Å². The van der Waals surface area contributed by atoms with E-state index in [4.69, 9.17) is 0 Å². The highest BCUT2D eigenvalue weighted by atomic mass is 19.1. The van der Waals surface area contributed by atoms with Crippen LogP contribution in [0.15, 0.2) is 54.4 Å². The minimum atomic E-state index is -0.178. The number of fused-ring (bicyclic) bond motifs is 2. The second-order valence-electron chi connectivity index (χ2n) is 7.21. The van der Waals surface area contributed by atoms with Gasteiger partial charge in [-0.05, 0) is 66.8 Å². The fourth-order valence-electron chi connectivity index (χ4n) is 4.55. The Labute approximate surface area is 142 Å². The van der Waals surface area contributed by atoms with Gasteiger partial charge in [0, 0.05) is 30.7 Å². The first-order chi connectivity index (χ1) is 11.6. The van der Waals surface area contributed by atoms with Gasteiger partial charge in [0.15, 0.2) is 0 Å². The number of benzene rings is 1. The van der Waals surface area contributed by atoms with Crippen LogP contribution in [0.2, 0.25) is 0 Å². The minimum Gasteiger partial charge on any atom is -0.392 e. The molecule has 0 spiro atoms. The van der Waals surface area contributed by atoms with Gasteiger partial charge in [0.1, 0.15) is 5.82 Å². The zero-order valence-electron chi connectivity index (χ0n) is 14.1. The number of aromatic nitrogens is 1. The minimum absolute atomic E-state index is 0.178. The molecule has 1 heterocycles. The molecule has 1 aromatic heterocycles. The largest absolute Gasteiger partial charge is 0.392 e. The summed E-state index contributed by atoms with van der Waals surface area (Å²) in [6, 6.07) is 7.00. The molecule has 1 aromatic carbocycles. The van der Waals surface area contributed by atoms with E-state index in [-0.39, 0.29) is 5.82 Å². The molecule has 1 N–H and O–H groups in total. The van der Waals surface area contributed by atoms with E-state index < -0.39 is 0 Å². The molecule has 2 nitrogen and oxygen atoms in total. The monoisotopic (exact) mass is 322 g/mol. The van der Waals surface area contributed by atoms with Crippen molar-refractivity contribution in [1.82, 2.24) is 10.3 Å². The lowest BCUT2D eigenvalue weighted by Crippen LogP contribution is -2.05. The summed E-state index contributed by atoms with van der Waals surface area (Å²) in [5.41, 5.74) is 4.78. The van der Waals surface area contributed by atoms with E-state index in [0.29, 0.717) is 11.8 Å². The molecule has 0 saturated heterocycles. The zero-order chi connectivity index (χ0) is 16.7.